The lowest BCUT2D eigenvalue weighted by Gasteiger charge is -2.01. The SMILES string of the molecule is Cc1ccc(/C=C/c2ccc3c4cc5c(cc4n(C)c3c2)c2ccc(/C=C/c3ccc4c6cc7c(cc6n(C)c4c3)c3ccc(/C=C/c4ccc(C)cc4)cc3n7C)cc2n5C)cc1. The Kier molecular flexibility index (Phi) is 8.51. The van der Waals surface area contributed by atoms with Gasteiger partial charge in [-0.2, -0.15) is 0 Å². The maximum atomic E-state index is 2.39. The first-order chi connectivity index (χ1) is 31.1. The maximum absolute atomic E-state index is 2.39. The van der Waals surface area contributed by atoms with Gasteiger partial charge >= 0.3 is 0 Å². The van der Waals surface area contributed by atoms with E-state index < -0.39 is 0 Å². The number of hydrogen-bond acceptors (Lipinski definition) is 0. The Morgan fingerprint density at radius 1 is 0.234 bits per heavy atom. The first-order valence-electron chi connectivity index (χ1n) is 22.2. The van der Waals surface area contributed by atoms with Gasteiger partial charge in [0.15, 0.2) is 0 Å². The molecule has 0 radical (unpaired) electrons. The van der Waals surface area contributed by atoms with E-state index in [2.05, 4.69) is 242 Å². The first-order valence-corrected chi connectivity index (χ1v) is 22.2. The van der Waals surface area contributed by atoms with E-state index in [1.165, 1.54) is 132 Å². The smallest absolute Gasteiger partial charge is 0.0496 e. The van der Waals surface area contributed by atoms with Crippen LogP contribution in [0.5, 0.6) is 0 Å². The fourth-order valence-electron chi connectivity index (χ4n) is 10.2. The summed E-state index contributed by atoms with van der Waals surface area (Å²) in [6.45, 7) is 4.25. The highest BCUT2D eigenvalue weighted by molar-refractivity contribution is 6.20. The van der Waals surface area contributed by atoms with E-state index in [0.717, 1.165) is 0 Å². The second kappa shape index (κ2) is 14.4. The summed E-state index contributed by atoms with van der Waals surface area (Å²) in [7, 11) is 8.79. The third-order valence-corrected chi connectivity index (χ3v) is 13.9. The molecule has 12 rings (SSSR count). The summed E-state index contributed by atoms with van der Waals surface area (Å²) in [6, 6.07) is 54.3. The zero-order valence-electron chi connectivity index (χ0n) is 37.1. The molecule has 0 fully saturated rings. The molecule has 0 saturated carbocycles. The van der Waals surface area contributed by atoms with Gasteiger partial charge in [-0.25, -0.2) is 0 Å². The third kappa shape index (κ3) is 6.05. The summed E-state index contributed by atoms with van der Waals surface area (Å²) in [5.41, 5.74) is 19.7. The Labute approximate surface area is 372 Å². The molecular formula is C60H48N4. The number of hydrogen-bond donors (Lipinski definition) is 0. The Bertz CT molecular complexity index is 3720. The van der Waals surface area contributed by atoms with Gasteiger partial charge in [0.25, 0.3) is 0 Å². The van der Waals surface area contributed by atoms with Crippen LogP contribution in [0, 0.1) is 13.8 Å². The number of fused-ring (bicyclic) bond motifs is 12. The molecule has 4 heteroatoms. The zero-order valence-corrected chi connectivity index (χ0v) is 37.1. The quantitative estimate of drug-likeness (QED) is 0.149. The van der Waals surface area contributed by atoms with Gasteiger partial charge in [-0.3, -0.25) is 0 Å². The number of aryl methyl sites for hydroxylation is 6. The van der Waals surface area contributed by atoms with Gasteiger partial charge in [0.05, 0.1) is 0 Å². The van der Waals surface area contributed by atoms with Crippen molar-refractivity contribution in [2.24, 2.45) is 28.2 Å². The molecule has 0 N–H and O–H groups in total. The molecule has 0 amide bonds. The fourth-order valence-corrected chi connectivity index (χ4v) is 10.2. The van der Waals surface area contributed by atoms with Crippen LogP contribution in [0.1, 0.15) is 44.5 Å². The van der Waals surface area contributed by atoms with E-state index in [9.17, 15) is 0 Å². The van der Waals surface area contributed by atoms with Crippen LogP contribution >= 0.6 is 0 Å². The van der Waals surface area contributed by atoms with E-state index in [0.29, 0.717) is 0 Å². The average Bonchev–Trinajstić information content (AvgIpc) is 3.96. The predicted octanol–water partition coefficient (Wildman–Crippen LogP) is 15.4. The monoisotopic (exact) mass is 824 g/mol. The fraction of sp³-hybridized carbons (Fsp3) is 0.100. The summed E-state index contributed by atoms with van der Waals surface area (Å²) in [6.07, 6.45) is 13.3. The predicted molar refractivity (Wildman–Crippen MR) is 278 cm³/mol. The van der Waals surface area contributed by atoms with Crippen molar-refractivity contribution in [3.63, 3.8) is 0 Å². The molecule has 0 atom stereocenters. The molecule has 64 heavy (non-hydrogen) atoms. The second-order valence-corrected chi connectivity index (χ2v) is 17.9. The van der Waals surface area contributed by atoms with Gasteiger partial charge in [-0.15, -0.1) is 0 Å². The van der Waals surface area contributed by atoms with Crippen LogP contribution in [0.2, 0.25) is 0 Å². The van der Waals surface area contributed by atoms with Crippen molar-refractivity contribution in [3.05, 3.63) is 190 Å². The van der Waals surface area contributed by atoms with Crippen LogP contribution in [0.15, 0.2) is 146 Å². The summed E-state index contributed by atoms with van der Waals surface area (Å²) < 4.78 is 9.41. The molecule has 0 saturated heterocycles. The van der Waals surface area contributed by atoms with E-state index in [1.807, 2.05) is 0 Å². The minimum absolute atomic E-state index is 1.18. The van der Waals surface area contributed by atoms with Gasteiger partial charge < -0.3 is 18.3 Å². The van der Waals surface area contributed by atoms with Crippen LogP contribution in [-0.2, 0) is 28.2 Å². The van der Waals surface area contributed by atoms with Crippen molar-refractivity contribution in [1.82, 2.24) is 18.3 Å². The topological polar surface area (TPSA) is 19.7 Å². The van der Waals surface area contributed by atoms with Gasteiger partial charge in [0.2, 0.25) is 0 Å². The summed E-state index contributed by atoms with van der Waals surface area (Å²) in [5, 5.41) is 10.2. The molecule has 0 aliphatic heterocycles. The molecule has 0 aliphatic rings. The van der Waals surface area contributed by atoms with Gasteiger partial charge in [0, 0.05) is 115 Å². The van der Waals surface area contributed by atoms with Gasteiger partial charge in [-0.1, -0.05) is 145 Å². The highest BCUT2D eigenvalue weighted by Gasteiger charge is 2.17. The van der Waals surface area contributed by atoms with Gasteiger partial charge in [-0.05, 0) is 95.8 Å². The van der Waals surface area contributed by atoms with Crippen LogP contribution in [-0.4, -0.2) is 18.3 Å². The molecule has 0 bridgehead atoms. The van der Waals surface area contributed by atoms with Crippen molar-refractivity contribution >= 4 is 124 Å². The highest BCUT2D eigenvalue weighted by Crippen LogP contribution is 2.39. The number of aromatic nitrogens is 4. The van der Waals surface area contributed by atoms with Crippen molar-refractivity contribution in [1.29, 1.82) is 0 Å². The van der Waals surface area contributed by atoms with Crippen LogP contribution in [0.4, 0.5) is 0 Å². The molecule has 12 aromatic rings. The summed E-state index contributed by atoms with van der Waals surface area (Å²) >= 11 is 0. The summed E-state index contributed by atoms with van der Waals surface area (Å²) in [4.78, 5) is 0. The van der Waals surface area contributed by atoms with E-state index >= 15 is 0 Å². The number of benzene rings is 8. The van der Waals surface area contributed by atoms with Crippen molar-refractivity contribution in [2.75, 3.05) is 0 Å². The lowest BCUT2D eigenvalue weighted by Crippen LogP contribution is -1.88. The third-order valence-electron chi connectivity index (χ3n) is 13.9. The van der Waals surface area contributed by atoms with Crippen molar-refractivity contribution in [3.8, 4) is 0 Å². The minimum atomic E-state index is 1.18. The Balaban J connectivity index is 0.849. The molecule has 4 nitrogen and oxygen atoms in total. The van der Waals surface area contributed by atoms with Crippen LogP contribution in [0.3, 0.4) is 0 Å². The zero-order chi connectivity index (χ0) is 43.4. The minimum Gasteiger partial charge on any atom is -0.344 e. The molecule has 0 spiro atoms. The largest absolute Gasteiger partial charge is 0.344 e. The second-order valence-electron chi connectivity index (χ2n) is 17.9. The van der Waals surface area contributed by atoms with Crippen LogP contribution < -0.4 is 0 Å². The van der Waals surface area contributed by atoms with E-state index in [1.54, 1.807) is 0 Å². The molecular weight excluding hydrogens is 777 g/mol. The Morgan fingerprint density at radius 2 is 0.438 bits per heavy atom. The summed E-state index contributed by atoms with van der Waals surface area (Å²) in [5.74, 6) is 0. The van der Waals surface area contributed by atoms with Crippen molar-refractivity contribution in [2.45, 2.75) is 13.8 Å². The molecule has 0 unspecified atom stereocenters. The van der Waals surface area contributed by atoms with E-state index in [-0.39, 0.29) is 0 Å². The highest BCUT2D eigenvalue weighted by atomic mass is 15.0. The number of nitrogens with zero attached hydrogens (tertiary/aromatic N) is 4. The average molecular weight is 825 g/mol. The van der Waals surface area contributed by atoms with Crippen molar-refractivity contribution < 1.29 is 0 Å². The molecule has 0 aliphatic carbocycles. The normalized spacial score (nSPS) is 12.7. The Morgan fingerprint density at radius 3 is 0.688 bits per heavy atom. The Hall–Kier alpha value is -7.82. The standard InChI is InChI=1S/C60H48N4/c1-37-7-11-39(12-8-37)15-17-41-21-25-45-49-33-59-51(35-57(49)61(3)53(45)29-41)47-27-23-43(31-55(47)63(59)5)19-20-44-24-28-48-52-36-58-50(34-60(52)64(6)56(48)32-44)46-26-22-42(30-54(46)62(58)4)18-16-40-13-9-38(2)10-14-40/h7-36H,1-6H3/b17-15+,18-16+,20-19+. The molecule has 4 heterocycles. The molecule has 308 valence electrons. The first kappa shape index (κ1) is 37.9. The molecule has 4 aromatic heterocycles. The van der Waals surface area contributed by atoms with Crippen LogP contribution in [0.25, 0.3) is 124 Å². The lowest BCUT2D eigenvalue weighted by molar-refractivity contribution is 1.01. The number of rotatable bonds is 6. The molecule has 8 aromatic carbocycles. The van der Waals surface area contributed by atoms with E-state index in [4.69, 9.17) is 0 Å². The maximum Gasteiger partial charge on any atom is 0.0496 e. The van der Waals surface area contributed by atoms with Gasteiger partial charge in [0.1, 0.15) is 0 Å². The lowest BCUT2D eigenvalue weighted by atomic mass is 10.0.